The molecule has 0 saturated carbocycles. The molecule has 5 nitrogen and oxygen atoms in total. The highest BCUT2D eigenvalue weighted by Crippen LogP contribution is 2.16. The van der Waals surface area contributed by atoms with E-state index in [-0.39, 0.29) is 24.1 Å². The van der Waals surface area contributed by atoms with Crippen LogP contribution in [0.15, 0.2) is 23.1 Å². The SMILES string of the molecule is CC1CCCCCN1C(=O)Cn1cc(N)ccc1=O. The van der Waals surface area contributed by atoms with Crippen molar-refractivity contribution in [3.8, 4) is 0 Å². The Bertz CT molecular complexity index is 510. The van der Waals surface area contributed by atoms with Gasteiger partial charge >= 0.3 is 0 Å². The average Bonchev–Trinajstić information content (AvgIpc) is 2.58. The van der Waals surface area contributed by atoms with Crippen LogP contribution in [0, 0.1) is 0 Å². The van der Waals surface area contributed by atoms with Crippen molar-refractivity contribution in [2.24, 2.45) is 0 Å². The Balaban J connectivity index is 2.11. The van der Waals surface area contributed by atoms with Crippen LogP contribution in [0.3, 0.4) is 0 Å². The molecule has 1 saturated heterocycles. The molecule has 5 heteroatoms. The number of nitrogens with two attached hydrogens (primary N) is 1. The Morgan fingerprint density at radius 3 is 2.95 bits per heavy atom. The summed E-state index contributed by atoms with van der Waals surface area (Å²) < 4.78 is 1.38. The summed E-state index contributed by atoms with van der Waals surface area (Å²) in [6.07, 6.45) is 5.96. The van der Waals surface area contributed by atoms with E-state index in [0.717, 1.165) is 19.4 Å². The summed E-state index contributed by atoms with van der Waals surface area (Å²) in [5.74, 6) is 0.00194. The van der Waals surface area contributed by atoms with E-state index in [1.165, 1.54) is 29.7 Å². The third-order valence-electron chi connectivity index (χ3n) is 3.69. The first-order chi connectivity index (χ1) is 9.08. The third kappa shape index (κ3) is 3.36. The minimum atomic E-state index is -0.190. The maximum atomic E-state index is 12.3. The number of likely N-dealkylation sites (tertiary alicyclic amines) is 1. The topological polar surface area (TPSA) is 68.3 Å². The molecule has 1 aliphatic rings. The summed E-state index contributed by atoms with van der Waals surface area (Å²) in [6.45, 7) is 2.94. The smallest absolute Gasteiger partial charge is 0.251 e. The minimum absolute atomic E-state index is 0.00194. The molecule has 2 heterocycles. The van der Waals surface area contributed by atoms with Gasteiger partial charge in [-0.2, -0.15) is 0 Å². The summed E-state index contributed by atoms with van der Waals surface area (Å²) in [7, 11) is 0. The van der Waals surface area contributed by atoms with Crippen molar-refractivity contribution in [2.75, 3.05) is 12.3 Å². The van der Waals surface area contributed by atoms with Gasteiger partial charge < -0.3 is 15.2 Å². The summed E-state index contributed by atoms with van der Waals surface area (Å²) in [5, 5.41) is 0. The van der Waals surface area contributed by atoms with E-state index in [1.54, 1.807) is 6.07 Å². The van der Waals surface area contributed by atoms with Crippen molar-refractivity contribution >= 4 is 11.6 Å². The lowest BCUT2D eigenvalue weighted by Gasteiger charge is -2.27. The van der Waals surface area contributed by atoms with Gasteiger partial charge in [0, 0.05) is 30.5 Å². The number of amides is 1. The molecule has 1 aromatic heterocycles. The second kappa shape index (κ2) is 5.91. The Kier molecular flexibility index (Phi) is 4.24. The minimum Gasteiger partial charge on any atom is -0.398 e. The number of aromatic nitrogens is 1. The summed E-state index contributed by atoms with van der Waals surface area (Å²) in [5.41, 5.74) is 5.96. The molecule has 104 valence electrons. The average molecular weight is 263 g/mol. The number of hydrogen-bond donors (Lipinski definition) is 1. The van der Waals surface area contributed by atoms with E-state index in [9.17, 15) is 9.59 Å². The molecular formula is C14H21N3O2. The second-order valence-corrected chi connectivity index (χ2v) is 5.21. The lowest BCUT2D eigenvalue weighted by Crippen LogP contribution is -2.41. The molecule has 1 amide bonds. The van der Waals surface area contributed by atoms with Gasteiger partial charge in [0.05, 0.1) is 0 Å². The Hall–Kier alpha value is -1.78. The predicted octanol–water partition coefficient (Wildman–Crippen LogP) is 1.22. The van der Waals surface area contributed by atoms with Crippen LogP contribution in [-0.2, 0) is 11.3 Å². The first kappa shape index (κ1) is 13.6. The first-order valence-corrected chi connectivity index (χ1v) is 6.83. The summed E-state index contributed by atoms with van der Waals surface area (Å²) >= 11 is 0. The number of pyridine rings is 1. The molecule has 1 atom stereocenters. The highest BCUT2D eigenvalue weighted by molar-refractivity contribution is 5.76. The van der Waals surface area contributed by atoms with Gasteiger partial charge in [-0.1, -0.05) is 12.8 Å². The normalized spacial score (nSPS) is 20.1. The van der Waals surface area contributed by atoms with Crippen molar-refractivity contribution in [3.05, 3.63) is 28.7 Å². The molecule has 0 aliphatic carbocycles. The van der Waals surface area contributed by atoms with E-state index < -0.39 is 0 Å². The highest BCUT2D eigenvalue weighted by Gasteiger charge is 2.22. The van der Waals surface area contributed by atoms with Crippen molar-refractivity contribution in [1.82, 2.24) is 9.47 Å². The Morgan fingerprint density at radius 2 is 2.16 bits per heavy atom. The van der Waals surface area contributed by atoms with Gasteiger partial charge in [0.15, 0.2) is 0 Å². The van der Waals surface area contributed by atoms with E-state index in [4.69, 9.17) is 5.73 Å². The number of nitrogens with zero attached hydrogens (tertiary/aromatic N) is 2. The van der Waals surface area contributed by atoms with Crippen LogP contribution in [0.5, 0.6) is 0 Å². The van der Waals surface area contributed by atoms with Gasteiger partial charge in [-0.25, -0.2) is 0 Å². The van der Waals surface area contributed by atoms with Crippen LogP contribution >= 0.6 is 0 Å². The highest BCUT2D eigenvalue weighted by atomic mass is 16.2. The van der Waals surface area contributed by atoms with Gasteiger partial charge in [0.1, 0.15) is 6.54 Å². The number of carbonyl (C=O) groups is 1. The summed E-state index contributed by atoms with van der Waals surface area (Å²) in [4.78, 5) is 25.9. The Morgan fingerprint density at radius 1 is 1.37 bits per heavy atom. The lowest BCUT2D eigenvalue weighted by atomic mass is 10.1. The monoisotopic (exact) mass is 263 g/mol. The zero-order valence-electron chi connectivity index (χ0n) is 11.3. The van der Waals surface area contributed by atoms with Crippen molar-refractivity contribution in [3.63, 3.8) is 0 Å². The molecule has 0 spiro atoms. The van der Waals surface area contributed by atoms with Gasteiger partial charge in [0.2, 0.25) is 5.91 Å². The summed E-state index contributed by atoms with van der Waals surface area (Å²) in [6, 6.07) is 3.21. The zero-order chi connectivity index (χ0) is 13.8. The fourth-order valence-corrected chi connectivity index (χ4v) is 2.56. The van der Waals surface area contributed by atoms with Crippen molar-refractivity contribution < 1.29 is 4.79 Å². The molecule has 1 unspecified atom stereocenters. The Labute approximate surface area is 113 Å². The number of carbonyl (C=O) groups excluding carboxylic acids is 1. The molecule has 1 fully saturated rings. The fraction of sp³-hybridized carbons (Fsp3) is 0.571. The van der Waals surface area contributed by atoms with Crippen LogP contribution in [0.2, 0.25) is 0 Å². The van der Waals surface area contributed by atoms with Crippen LogP contribution in [0.4, 0.5) is 5.69 Å². The van der Waals surface area contributed by atoms with Crippen LogP contribution < -0.4 is 11.3 Å². The zero-order valence-corrected chi connectivity index (χ0v) is 11.3. The number of hydrogen-bond acceptors (Lipinski definition) is 3. The maximum absolute atomic E-state index is 12.3. The molecule has 1 aromatic rings. The third-order valence-corrected chi connectivity index (χ3v) is 3.69. The molecule has 0 radical (unpaired) electrons. The van der Waals surface area contributed by atoms with Gasteiger partial charge in [-0.15, -0.1) is 0 Å². The van der Waals surface area contributed by atoms with Gasteiger partial charge in [-0.3, -0.25) is 9.59 Å². The standard InChI is InChI=1S/C14H21N3O2/c1-11-5-3-2-4-8-17(11)14(19)10-16-9-12(15)6-7-13(16)18/h6-7,9,11H,2-5,8,10,15H2,1H3. The van der Waals surface area contributed by atoms with Crippen LogP contribution in [-0.4, -0.2) is 28.0 Å². The van der Waals surface area contributed by atoms with E-state index in [2.05, 4.69) is 6.92 Å². The maximum Gasteiger partial charge on any atom is 0.251 e. The van der Waals surface area contributed by atoms with Crippen LogP contribution in [0.1, 0.15) is 32.6 Å². The fourth-order valence-electron chi connectivity index (χ4n) is 2.56. The molecule has 0 bridgehead atoms. The van der Waals surface area contributed by atoms with E-state index >= 15 is 0 Å². The number of rotatable bonds is 2. The molecule has 2 rings (SSSR count). The molecule has 1 aliphatic heterocycles. The van der Waals surface area contributed by atoms with Crippen LogP contribution in [0.25, 0.3) is 0 Å². The number of nitrogen functional groups attached to an aromatic ring is 1. The molecule has 0 aromatic carbocycles. The molecular weight excluding hydrogens is 242 g/mol. The van der Waals surface area contributed by atoms with Gasteiger partial charge in [0.25, 0.3) is 5.56 Å². The second-order valence-electron chi connectivity index (χ2n) is 5.21. The molecule has 19 heavy (non-hydrogen) atoms. The largest absolute Gasteiger partial charge is 0.398 e. The van der Waals surface area contributed by atoms with E-state index in [1.807, 2.05) is 4.90 Å². The number of anilines is 1. The predicted molar refractivity (Wildman–Crippen MR) is 74.8 cm³/mol. The van der Waals surface area contributed by atoms with Crippen molar-refractivity contribution in [1.29, 1.82) is 0 Å². The lowest BCUT2D eigenvalue weighted by molar-refractivity contribution is -0.133. The van der Waals surface area contributed by atoms with Gasteiger partial charge in [-0.05, 0) is 25.8 Å². The first-order valence-electron chi connectivity index (χ1n) is 6.83. The van der Waals surface area contributed by atoms with Crippen molar-refractivity contribution in [2.45, 2.75) is 45.2 Å². The molecule has 2 N–H and O–H groups in total. The quantitative estimate of drug-likeness (QED) is 0.872. The van der Waals surface area contributed by atoms with E-state index in [0.29, 0.717) is 5.69 Å².